The topological polar surface area (TPSA) is 133 Å². The van der Waals surface area contributed by atoms with Gasteiger partial charge in [0.1, 0.15) is 5.78 Å². The molecule has 0 aliphatic carbocycles. The van der Waals surface area contributed by atoms with Crippen molar-refractivity contribution < 1.29 is 29.6 Å². The van der Waals surface area contributed by atoms with Gasteiger partial charge in [0.25, 0.3) is 0 Å². The highest BCUT2D eigenvalue weighted by Gasteiger charge is 2.51. The fourth-order valence-corrected chi connectivity index (χ4v) is 4.20. The highest BCUT2D eigenvalue weighted by atomic mass is 16.6. The number of hydrogen-bond acceptors (Lipinski definition) is 6. The summed E-state index contributed by atoms with van der Waals surface area (Å²) in [6.45, 7) is 12.7. The molecule has 7 atom stereocenters. The van der Waals surface area contributed by atoms with E-state index in [-0.39, 0.29) is 29.4 Å². The van der Waals surface area contributed by atoms with Crippen LogP contribution in [0.2, 0.25) is 0 Å². The molecule has 0 aromatic rings. The van der Waals surface area contributed by atoms with Crippen molar-refractivity contribution in [1.82, 2.24) is 0 Å². The van der Waals surface area contributed by atoms with E-state index in [1.807, 2.05) is 26.8 Å². The normalized spacial score (nSPS) is 26.6. The summed E-state index contributed by atoms with van der Waals surface area (Å²) < 4.78 is 5.90. The molecule has 180 valence electrons. The van der Waals surface area contributed by atoms with Crippen LogP contribution >= 0.6 is 0 Å². The van der Waals surface area contributed by atoms with Crippen molar-refractivity contribution in [2.75, 3.05) is 0 Å². The summed E-state index contributed by atoms with van der Waals surface area (Å²) in [5, 5.41) is 29.8. The average Bonchev–Trinajstić information content (AvgIpc) is 3.33. The SMILES string of the molecule is C/C=C(\C)C(N)CC1OC1(C)CCCC(C)C(O)C(C)C(=O)C(C)(C)C(O)CC(=O)O. The average molecular weight is 442 g/mol. The Morgan fingerprint density at radius 3 is 2.35 bits per heavy atom. The van der Waals surface area contributed by atoms with E-state index in [1.165, 1.54) is 13.8 Å². The fourth-order valence-electron chi connectivity index (χ4n) is 4.20. The number of nitrogens with two attached hydrogens (primary N) is 1. The number of aliphatic carboxylic acids is 1. The number of rotatable bonds is 14. The lowest BCUT2D eigenvalue weighted by molar-refractivity contribution is -0.147. The van der Waals surface area contributed by atoms with Crippen molar-refractivity contribution >= 4 is 11.8 Å². The summed E-state index contributed by atoms with van der Waals surface area (Å²) in [4.78, 5) is 23.7. The molecule has 0 aromatic carbocycles. The Morgan fingerprint density at radius 2 is 1.84 bits per heavy atom. The molecule has 31 heavy (non-hydrogen) atoms. The Labute approximate surface area is 187 Å². The molecule has 0 bridgehead atoms. The van der Waals surface area contributed by atoms with Gasteiger partial charge < -0.3 is 25.8 Å². The predicted molar refractivity (Wildman–Crippen MR) is 121 cm³/mol. The molecule has 0 radical (unpaired) electrons. The van der Waals surface area contributed by atoms with Gasteiger partial charge in [-0.25, -0.2) is 0 Å². The molecule has 5 N–H and O–H groups in total. The third-order valence-corrected chi connectivity index (χ3v) is 7.22. The molecule has 0 aromatic heterocycles. The van der Waals surface area contributed by atoms with Crippen molar-refractivity contribution in [2.45, 2.75) is 111 Å². The lowest BCUT2D eigenvalue weighted by atomic mass is 9.73. The van der Waals surface area contributed by atoms with Gasteiger partial charge in [-0.15, -0.1) is 0 Å². The molecule has 1 rings (SSSR count). The number of Topliss-reactive ketones (excluding diaryl/α,β-unsaturated/α-hetero) is 1. The number of ketones is 1. The first-order valence-electron chi connectivity index (χ1n) is 11.4. The van der Waals surface area contributed by atoms with Crippen LogP contribution in [-0.4, -0.2) is 57.0 Å². The second kappa shape index (κ2) is 11.0. The number of carbonyl (C=O) groups is 2. The van der Waals surface area contributed by atoms with Gasteiger partial charge >= 0.3 is 5.97 Å². The van der Waals surface area contributed by atoms with Crippen LogP contribution in [0.25, 0.3) is 0 Å². The van der Waals surface area contributed by atoms with Crippen molar-refractivity contribution in [1.29, 1.82) is 0 Å². The zero-order chi connectivity index (χ0) is 24.1. The summed E-state index contributed by atoms with van der Waals surface area (Å²) in [5.41, 5.74) is 5.92. The van der Waals surface area contributed by atoms with E-state index in [9.17, 15) is 19.8 Å². The minimum absolute atomic E-state index is 0.00395. The Morgan fingerprint density at radius 1 is 1.26 bits per heavy atom. The zero-order valence-corrected chi connectivity index (χ0v) is 20.2. The predicted octanol–water partition coefficient (Wildman–Crippen LogP) is 3.06. The zero-order valence-electron chi connectivity index (χ0n) is 20.2. The molecule has 0 saturated carbocycles. The summed E-state index contributed by atoms with van der Waals surface area (Å²) in [6, 6.07) is 0.00395. The standard InChI is InChI=1S/C24H43NO6/c1-8-14(2)17(25)12-19-24(7,31-19)11-9-10-15(3)21(29)16(4)22(30)23(5,6)18(26)13-20(27)28/h8,15-19,21,26,29H,9-13,25H2,1-7H3,(H,27,28)/b14-8+. The van der Waals surface area contributed by atoms with Gasteiger partial charge in [-0.05, 0) is 46.0 Å². The molecule has 1 fully saturated rings. The second-order valence-corrected chi connectivity index (χ2v) is 10.1. The van der Waals surface area contributed by atoms with Crippen molar-refractivity contribution in [2.24, 2.45) is 23.0 Å². The van der Waals surface area contributed by atoms with Crippen LogP contribution in [0.15, 0.2) is 11.6 Å². The van der Waals surface area contributed by atoms with Crippen LogP contribution in [0, 0.1) is 17.3 Å². The smallest absolute Gasteiger partial charge is 0.306 e. The maximum absolute atomic E-state index is 12.9. The van der Waals surface area contributed by atoms with E-state index >= 15 is 0 Å². The van der Waals surface area contributed by atoms with Crippen LogP contribution in [-0.2, 0) is 14.3 Å². The minimum Gasteiger partial charge on any atom is -0.481 e. The third-order valence-electron chi connectivity index (χ3n) is 7.22. The van der Waals surface area contributed by atoms with Crippen LogP contribution in [0.5, 0.6) is 0 Å². The molecular weight excluding hydrogens is 398 g/mol. The highest BCUT2D eigenvalue weighted by molar-refractivity contribution is 5.87. The molecule has 7 heteroatoms. The lowest BCUT2D eigenvalue weighted by Crippen LogP contribution is -2.45. The van der Waals surface area contributed by atoms with E-state index in [0.717, 1.165) is 31.3 Å². The number of carboxylic acids is 1. The maximum Gasteiger partial charge on any atom is 0.306 e. The van der Waals surface area contributed by atoms with E-state index in [4.69, 9.17) is 15.6 Å². The van der Waals surface area contributed by atoms with Crippen LogP contribution < -0.4 is 5.73 Å². The molecule has 1 heterocycles. The number of ether oxygens (including phenoxy) is 1. The molecule has 1 saturated heterocycles. The van der Waals surface area contributed by atoms with Crippen molar-refractivity contribution in [3.8, 4) is 0 Å². The van der Waals surface area contributed by atoms with Crippen LogP contribution in [0.3, 0.4) is 0 Å². The van der Waals surface area contributed by atoms with E-state index in [2.05, 4.69) is 6.92 Å². The number of hydrogen-bond donors (Lipinski definition) is 4. The van der Waals surface area contributed by atoms with Gasteiger partial charge in [0.05, 0.1) is 35.7 Å². The van der Waals surface area contributed by atoms with Gasteiger partial charge in [-0.2, -0.15) is 0 Å². The molecule has 0 amide bonds. The largest absolute Gasteiger partial charge is 0.481 e. The summed E-state index contributed by atoms with van der Waals surface area (Å²) in [6.07, 6.45) is 2.76. The van der Waals surface area contributed by atoms with E-state index in [1.54, 1.807) is 6.92 Å². The number of epoxide rings is 1. The van der Waals surface area contributed by atoms with Gasteiger partial charge in [-0.3, -0.25) is 9.59 Å². The highest BCUT2D eigenvalue weighted by Crippen LogP contribution is 2.44. The first-order chi connectivity index (χ1) is 14.2. The van der Waals surface area contributed by atoms with E-state index in [0.29, 0.717) is 0 Å². The summed E-state index contributed by atoms with van der Waals surface area (Å²) in [7, 11) is 0. The first-order valence-corrected chi connectivity index (χ1v) is 11.4. The molecule has 0 spiro atoms. The quantitative estimate of drug-likeness (QED) is 0.240. The lowest BCUT2D eigenvalue weighted by Gasteiger charge is -2.34. The third kappa shape index (κ3) is 7.38. The number of carbonyl (C=O) groups excluding carboxylic acids is 1. The second-order valence-electron chi connectivity index (χ2n) is 10.1. The Kier molecular flexibility index (Phi) is 9.88. The van der Waals surface area contributed by atoms with Gasteiger partial charge in [0.2, 0.25) is 0 Å². The Hall–Kier alpha value is -1.28. The van der Waals surface area contributed by atoms with Crippen LogP contribution in [0.4, 0.5) is 0 Å². The summed E-state index contributed by atoms with van der Waals surface area (Å²) >= 11 is 0. The van der Waals surface area contributed by atoms with Gasteiger partial charge in [0, 0.05) is 12.0 Å². The van der Waals surface area contributed by atoms with Gasteiger partial charge in [0.15, 0.2) is 0 Å². The van der Waals surface area contributed by atoms with Crippen molar-refractivity contribution in [3.63, 3.8) is 0 Å². The molecule has 7 nitrogen and oxygen atoms in total. The minimum atomic E-state index is -1.30. The van der Waals surface area contributed by atoms with Crippen molar-refractivity contribution in [3.05, 3.63) is 11.6 Å². The Bertz CT molecular complexity index is 660. The fraction of sp³-hybridized carbons (Fsp3) is 0.833. The number of carboxylic acid groups (broad SMARTS) is 1. The van der Waals surface area contributed by atoms with Crippen LogP contribution in [0.1, 0.15) is 80.6 Å². The molecule has 7 unspecified atom stereocenters. The number of allylic oxidation sites excluding steroid dienone is 1. The molecular formula is C24H43NO6. The Balaban J connectivity index is 2.52. The summed E-state index contributed by atoms with van der Waals surface area (Å²) in [5.74, 6) is -2.30. The molecule has 1 aliphatic rings. The number of aliphatic hydroxyl groups is 2. The molecule has 1 aliphatic heterocycles. The number of aliphatic hydroxyl groups excluding tert-OH is 2. The maximum atomic E-state index is 12.9. The first kappa shape index (κ1) is 27.8. The van der Waals surface area contributed by atoms with Gasteiger partial charge in [-0.1, -0.05) is 45.8 Å². The monoisotopic (exact) mass is 441 g/mol. The van der Waals surface area contributed by atoms with E-state index < -0.39 is 35.9 Å².